The summed E-state index contributed by atoms with van der Waals surface area (Å²) in [4.78, 5) is 0. The van der Waals surface area contributed by atoms with Crippen LogP contribution in [0, 0.1) is 0 Å². The Kier molecular flexibility index (Phi) is 10.7. The number of rotatable bonds is 10. The maximum atomic E-state index is 9.26. The zero-order valence-electron chi connectivity index (χ0n) is 13.4. The van der Waals surface area contributed by atoms with Gasteiger partial charge in [-0.2, -0.15) is 0 Å². The lowest BCUT2D eigenvalue weighted by Crippen LogP contribution is -2.24. The fraction of sp³-hybridized carbons (Fsp3) is 0.750. The summed E-state index contributed by atoms with van der Waals surface area (Å²) < 4.78 is 11.0. The number of allylic oxidation sites excluding steroid dienone is 3. The van der Waals surface area contributed by atoms with E-state index in [1.807, 2.05) is 13.0 Å². The molecule has 0 heterocycles. The summed E-state index contributed by atoms with van der Waals surface area (Å²) in [6.07, 6.45) is 4.44. The van der Waals surface area contributed by atoms with Crippen LogP contribution in [0.3, 0.4) is 0 Å². The summed E-state index contributed by atoms with van der Waals surface area (Å²) in [5.41, 5.74) is 2.48. The number of hydrogen-bond acceptors (Lipinski definition) is 4. The second-order valence-corrected chi connectivity index (χ2v) is 5.57. The highest BCUT2D eigenvalue weighted by molar-refractivity contribution is 5.03. The molecule has 0 bridgehead atoms. The fourth-order valence-electron chi connectivity index (χ4n) is 1.52. The van der Waals surface area contributed by atoms with Gasteiger partial charge in [0.25, 0.3) is 0 Å². The molecule has 0 aromatic heterocycles. The van der Waals surface area contributed by atoms with Crippen LogP contribution in [0.25, 0.3) is 0 Å². The molecule has 0 saturated heterocycles. The van der Waals surface area contributed by atoms with E-state index in [0.717, 1.165) is 12.8 Å². The predicted octanol–water partition coefficient (Wildman–Crippen LogP) is 2.80. The minimum Gasteiger partial charge on any atom is -0.391 e. The van der Waals surface area contributed by atoms with Crippen LogP contribution >= 0.6 is 0 Å². The van der Waals surface area contributed by atoms with E-state index in [-0.39, 0.29) is 13.2 Å². The van der Waals surface area contributed by atoms with Crippen LogP contribution in [0.2, 0.25) is 0 Å². The highest BCUT2D eigenvalue weighted by Crippen LogP contribution is 2.10. The van der Waals surface area contributed by atoms with E-state index in [9.17, 15) is 10.2 Å². The van der Waals surface area contributed by atoms with Crippen molar-refractivity contribution in [1.82, 2.24) is 0 Å². The van der Waals surface area contributed by atoms with Crippen LogP contribution in [0.5, 0.6) is 0 Å². The molecule has 2 atom stereocenters. The molecule has 0 rings (SSSR count). The van der Waals surface area contributed by atoms with E-state index in [1.54, 1.807) is 13.8 Å². The maximum absolute atomic E-state index is 9.26. The standard InChI is InChI=1S/C16H30O4/c1-12(2)7-6-8-13(3)9-16(19-10-14(4)17)20-11-15(5)18/h7,9,14-18H,6,8,10-11H2,1-5H3. The van der Waals surface area contributed by atoms with Gasteiger partial charge >= 0.3 is 0 Å². The van der Waals surface area contributed by atoms with Gasteiger partial charge in [-0.25, -0.2) is 0 Å². The van der Waals surface area contributed by atoms with E-state index in [4.69, 9.17) is 9.47 Å². The summed E-state index contributed by atoms with van der Waals surface area (Å²) in [5.74, 6) is 0. The van der Waals surface area contributed by atoms with Gasteiger partial charge in [-0.15, -0.1) is 0 Å². The van der Waals surface area contributed by atoms with Crippen LogP contribution in [-0.4, -0.2) is 41.9 Å². The zero-order chi connectivity index (χ0) is 15.5. The first kappa shape index (κ1) is 19.3. The van der Waals surface area contributed by atoms with Crippen molar-refractivity contribution >= 4 is 0 Å². The average Bonchev–Trinajstić information content (AvgIpc) is 2.31. The molecule has 0 radical (unpaired) electrons. The number of hydrogen-bond donors (Lipinski definition) is 2. The van der Waals surface area contributed by atoms with E-state index in [0.29, 0.717) is 0 Å². The third kappa shape index (κ3) is 12.4. The number of aliphatic hydroxyl groups is 2. The Bertz CT molecular complexity index is 290. The van der Waals surface area contributed by atoms with Crippen molar-refractivity contribution in [2.24, 2.45) is 0 Å². The Hall–Kier alpha value is -0.680. The Morgan fingerprint density at radius 1 is 1.00 bits per heavy atom. The third-order valence-corrected chi connectivity index (χ3v) is 2.52. The topological polar surface area (TPSA) is 58.9 Å². The molecule has 0 fully saturated rings. The van der Waals surface area contributed by atoms with Gasteiger partial charge in [-0.3, -0.25) is 0 Å². The summed E-state index contributed by atoms with van der Waals surface area (Å²) in [6, 6.07) is 0. The van der Waals surface area contributed by atoms with E-state index >= 15 is 0 Å². The summed E-state index contributed by atoms with van der Waals surface area (Å²) in [7, 11) is 0. The van der Waals surface area contributed by atoms with Crippen LogP contribution in [0.15, 0.2) is 23.3 Å². The van der Waals surface area contributed by atoms with Gasteiger partial charge < -0.3 is 19.7 Å². The third-order valence-electron chi connectivity index (χ3n) is 2.52. The SMILES string of the molecule is CC(C)=CCCC(C)=CC(OCC(C)O)OCC(C)O. The lowest BCUT2D eigenvalue weighted by Gasteiger charge is -2.18. The van der Waals surface area contributed by atoms with Crippen molar-refractivity contribution in [1.29, 1.82) is 0 Å². The highest BCUT2D eigenvalue weighted by Gasteiger charge is 2.10. The fourth-order valence-corrected chi connectivity index (χ4v) is 1.52. The Morgan fingerprint density at radius 3 is 1.90 bits per heavy atom. The van der Waals surface area contributed by atoms with Gasteiger partial charge in [0.15, 0.2) is 6.29 Å². The van der Waals surface area contributed by atoms with Crippen molar-refractivity contribution in [2.45, 2.75) is 66.0 Å². The molecule has 0 amide bonds. The Labute approximate surface area is 123 Å². The van der Waals surface area contributed by atoms with Crippen molar-refractivity contribution in [3.05, 3.63) is 23.3 Å². The summed E-state index contributed by atoms with van der Waals surface area (Å²) in [6.45, 7) is 9.95. The van der Waals surface area contributed by atoms with Gasteiger partial charge in [-0.1, -0.05) is 17.2 Å². The minimum absolute atomic E-state index is 0.211. The zero-order valence-corrected chi connectivity index (χ0v) is 13.4. The van der Waals surface area contributed by atoms with Crippen LogP contribution < -0.4 is 0 Å². The smallest absolute Gasteiger partial charge is 0.177 e. The molecule has 2 unspecified atom stereocenters. The van der Waals surface area contributed by atoms with Crippen molar-refractivity contribution in [3.63, 3.8) is 0 Å². The first-order valence-electron chi connectivity index (χ1n) is 7.21. The largest absolute Gasteiger partial charge is 0.391 e. The first-order chi connectivity index (χ1) is 9.31. The van der Waals surface area contributed by atoms with Gasteiger partial charge in [-0.05, 0) is 53.5 Å². The van der Waals surface area contributed by atoms with Crippen LogP contribution in [0.1, 0.15) is 47.5 Å². The molecule has 0 aromatic carbocycles. The molecule has 4 heteroatoms. The Morgan fingerprint density at radius 2 is 1.50 bits per heavy atom. The quantitative estimate of drug-likeness (QED) is 0.479. The van der Waals surface area contributed by atoms with Crippen molar-refractivity contribution < 1.29 is 19.7 Å². The summed E-state index contributed by atoms with van der Waals surface area (Å²) >= 11 is 0. The minimum atomic E-state index is -0.535. The molecule has 118 valence electrons. The van der Waals surface area contributed by atoms with Crippen LogP contribution in [0.4, 0.5) is 0 Å². The van der Waals surface area contributed by atoms with Gasteiger partial charge in [0.05, 0.1) is 25.4 Å². The molecular weight excluding hydrogens is 256 g/mol. The lowest BCUT2D eigenvalue weighted by atomic mass is 10.1. The molecule has 0 spiro atoms. The molecule has 0 aliphatic carbocycles. The first-order valence-corrected chi connectivity index (χ1v) is 7.21. The second kappa shape index (κ2) is 11.0. The van der Waals surface area contributed by atoms with E-state index < -0.39 is 18.5 Å². The molecule has 0 aliphatic heterocycles. The molecular formula is C16H30O4. The molecule has 0 aromatic rings. The number of ether oxygens (including phenoxy) is 2. The van der Waals surface area contributed by atoms with Gasteiger partial charge in [0, 0.05) is 0 Å². The van der Waals surface area contributed by atoms with Crippen molar-refractivity contribution in [3.8, 4) is 0 Å². The molecule has 20 heavy (non-hydrogen) atoms. The van der Waals surface area contributed by atoms with E-state index in [2.05, 4.69) is 19.9 Å². The Balaban J connectivity index is 4.38. The molecule has 2 N–H and O–H groups in total. The molecule has 0 aliphatic rings. The second-order valence-electron chi connectivity index (χ2n) is 5.57. The van der Waals surface area contributed by atoms with Crippen molar-refractivity contribution in [2.75, 3.05) is 13.2 Å². The molecule has 4 nitrogen and oxygen atoms in total. The average molecular weight is 286 g/mol. The molecule has 0 saturated carbocycles. The maximum Gasteiger partial charge on any atom is 0.177 e. The number of aliphatic hydroxyl groups excluding tert-OH is 2. The highest BCUT2D eigenvalue weighted by atomic mass is 16.7. The lowest BCUT2D eigenvalue weighted by molar-refractivity contribution is -0.141. The summed E-state index contributed by atoms with van der Waals surface area (Å²) in [5, 5.41) is 18.5. The van der Waals surface area contributed by atoms with E-state index in [1.165, 1.54) is 11.1 Å². The normalized spacial score (nSPS) is 16.6. The van der Waals surface area contributed by atoms with Gasteiger partial charge in [0.1, 0.15) is 0 Å². The van der Waals surface area contributed by atoms with Gasteiger partial charge in [0.2, 0.25) is 0 Å². The predicted molar refractivity (Wildman–Crippen MR) is 81.5 cm³/mol. The monoisotopic (exact) mass is 286 g/mol. The van der Waals surface area contributed by atoms with Crippen LogP contribution in [-0.2, 0) is 9.47 Å².